The van der Waals surface area contributed by atoms with Crippen molar-refractivity contribution in [1.29, 1.82) is 0 Å². The second kappa shape index (κ2) is 7.09. The van der Waals surface area contributed by atoms with Crippen molar-refractivity contribution in [2.45, 2.75) is 13.5 Å². The second-order valence-corrected chi connectivity index (χ2v) is 4.15. The van der Waals surface area contributed by atoms with Gasteiger partial charge in [0, 0.05) is 6.20 Å². The second-order valence-electron chi connectivity index (χ2n) is 4.15. The normalized spacial score (nSPS) is 9.95. The predicted molar refractivity (Wildman–Crippen MR) is 80.9 cm³/mol. The zero-order valence-corrected chi connectivity index (χ0v) is 11.7. The van der Waals surface area contributed by atoms with Crippen LogP contribution in [0.2, 0.25) is 0 Å². The summed E-state index contributed by atoms with van der Waals surface area (Å²) in [4.78, 5) is 19.7. The highest BCUT2D eigenvalue weighted by Crippen LogP contribution is 2.19. The molecule has 0 spiro atoms. The van der Waals surface area contributed by atoms with Gasteiger partial charge in [-0.3, -0.25) is 10.3 Å². The zero-order valence-electron chi connectivity index (χ0n) is 11.7. The number of nitrogens with zero attached hydrogens (tertiary/aromatic N) is 2. The number of ether oxygens (including phenoxy) is 1. The van der Waals surface area contributed by atoms with Crippen LogP contribution < -0.4 is 16.4 Å². The predicted octanol–water partition coefficient (Wildman–Crippen LogP) is 2.24. The van der Waals surface area contributed by atoms with Crippen LogP contribution in [0, 0.1) is 0 Å². The minimum Gasteiger partial charge on any atom is -0.450 e. The molecule has 7 heteroatoms. The summed E-state index contributed by atoms with van der Waals surface area (Å²) in [6.45, 7) is 2.56. The molecule has 0 aromatic carbocycles. The van der Waals surface area contributed by atoms with Crippen molar-refractivity contribution in [1.82, 2.24) is 9.97 Å². The molecule has 0 bridgehead atoms. The quantitative estimate of drug-likeness (QED) is 0.779. The number of anilines is 3. The number of pyridine rings is 2. The standard InChI is InChI=1S/C14H17N5O2/c1-2-21-14(20)18-11-6-7-12(19-13(11)15)17-9-10-5-3-4-8-16-10/h3-8H,2,9H2,1H3,(H,18,20)(H3,15,17,19). The first-order valence-electron chi connectivity index (χ1n) is 6.53. The van der Waals surface area contributed by atoms with Crippen LogP contribution in [0.4, 0.5) is 22.1 Å². The number of nitrogen functional groups attached to an aromatic ring is 1. The molecule has 0 fully saturated rings. The Kier molecular flexibility index (Phi) is 4.92. The monoisotopic (exact) mass is 287 g/mol. The summed E-state index contributed by atoms with van der Waals surface area (Å²) in [6.07, 6.45) is 1.17. The molecule has 2 aromatic heterocycles. The van der Waals surface area contributed by atoms with Gasteiger partial charge >= 0.3 is 6.09 Å². The maximum Gasteiger partial charge on any atom is 0.411 e. The molecular formula is C14H17N5O2. The van der Waals surface area contributed by atoms with Crippen LogP contribution in [0.25, 0.3) is 0 Å². The van der Waals surface area contributed by atoms with Crippen LogP contribution in [-0.2, 0) is 11.3 Å². The van der Waals surface area contributed by atoms with E-state index >= 15 is 0 Å². The SMILES string of the molecule is CCOC(=O)Nc1ccc(NCc2ccccn2)nc1N. The Morgan fingerprint density at radius 1 is 1.33 bits per heavy atom. The fraction of sp³-hybridized carbons (Fsp3) is 0.214. The Bertz CT molecular complexity index is 604. The van der Waals surface area contributed by atoms with Gasteiger partial charge in [0.05, 0.1) is 24.5 Å². The Morgan fingerprint density at radius 2 is 2.19 bits per heavy atom. The molecule has 0 aliphatic heterocycles. The van der Waals surface area contributed by atoms with E-state index in [1.807, 2.05) is 18.2 Å². The summed E-state index contributed by atoms with van der Waals surface area (Å²) < 4.78 is 4.78. The number of nitrogens with two attached hydrogens (primary N) is 1. The van der Waals surface area contributed by atoms with Crippen molar-refractivity contribution < 1.29 is 9.53 Å². The summed E-state index contributed by atoms with van der Waals surface area (Å²) in [5.41, 5.74) is 7.11. The molecule has 4 N–H and O–H groups in total. The van der Waals surface area contributed by atoms with E-state index in [4.69, 9.17) is 10.5 Å². The van der Waals surface area contributed by atoms with E-state index in [1.54, 1.807) is 25.3 Å². The highest BCUT2D eigenvalue weighted by atomic mass is 16.5. The van der Waals surface area contributed by atoms with Gasteiger partial charge in [0.2, 0.25) is 0 Å². The van der Waals surface area contributed by atoms with E-state index in [9.17, 15) is 4.79 Å². The summed E-state index contributed by atoms with van der Waals surface area (Å²) in [6, 6.07) is 9.07. The number of nitrogens with one attached hydrogen (secondary N) is 2. The van der Waals surface area contributed by atoms with E-state index in [0.717, 1.165) is 5.69 Å². The summed E-state index contributed by atoms with van der Waals surface area (Å²) >= 11 is 0. The molecule has 0 aliphatic carbocycles. The Hall–Kier alpha value is -2.83. The van der Waals surface area contributed by atoms with Crippen LogP contribution in [-0.4, -0.2) is 22.7 Å². The molecule has 21 heavy (non-hydrogen) atoms. The van der Waals surface area contributed by atoms with E-state index in [1.165, 1.54) is 0 Å². The lowest BCUT2D eigenvalue weighted by molar-refractivity contribution is 0.168. The topological polar surface area (TPSA) is 102 Å². The third kappa shape index (κ3) is 4.34. The molecule has 1 amide bonds. The zero-order chi connectivity index (χ0) is 15.1. The lowest BCUT2D eigenvalue weighted by Gasteiger charge is -2.10. The molecule has 0 aliphatic rings. The molecule has 2 rings (SSSR count). The number of hydrogen-bond acceptors (Lipinski definition) is 6. The third-order valence-corrected chi connectivity index (χ3v) is 2.61. The van der Waals surface area contributed by atoms with Gasteiger partial charge < -0.3 is 15.8 Å². The number of carbonyl (C=O) groups excluding carboxylic acids is 1. The number of carbonyl (C=O) groups is 1. The van der Waals surface area contributed by atoms with Crippen molar-refractivity contribution in [2.24, 2.45) is 0 Å². The number of aromatic nitrogens is 2. The van der Waals surface area contributed by atoms with E-state index in [2.05, 4.69) is 20.6 Å². The van der Waals surface area contributed by atoms with Crippen molar-refractivity contribution in [2.75, 3.05) is 23.0 Å². The molecule has 110 valence electrons. The summed E-state index contributed by atoms with van der Waals surface area (Å²) in [7, 11) is 0. The largest absolute Gasteiger partial charge is 0.450 e. The van der Waals surface area contributed by atoms with Crippen molar-refractivity contribution >= 4 is 23.4 Å². The van der Waals surface area contributed by atoms with E-state index in [0.29, 0.717) is 24.7 Å². The van der Waals surface area contributed by atoms with Gasteiger partial charge in [-0.15, -0.1) is 0 Å². The highest BCUT2D eigenvalue weighted by molar-refractivity contribution is 5.88. The van der Waals surface area contributed by atoms with Crippen LogP contribution in [0.5, 0.6) is 0 Å². The third-order valence-electron chi connectivity index (χ3n) is 2.61. The minimum atomic E-state index is -0.555. The van der Waals surface area contributed by atoms with Crippen molar-refractivity contribution in [3.05, 3.63) is 42.2 Å². The smallest absolute Gasteiger partial charge is 0.411 e. The average Bonchev–Trinajstić information content (AvgIpc) is 2.49. The average molecular weight is 287 g/mol. The first-order valence-corrected chi connectivity index (χ1v) is 6.53. The van der Waals surface area contributed by atoms with Crippen molar-refractivity contribution in [3.63, 3.8) is 0 Å². The number of hydrogen-bond donors (Lipinski definition) is 3. The summed E-state index contributed by atoms with van der Waals surface area (Å²) in [5.74, 6) is 0.821. The summed E-state index contributed by atoms with van der Waals surface area (Å²) in [5, 5.41) is 5.63. The molecule has 0 saturated heterocycles. The van der Waals surface area contributed by atoms with Gasteiger partial charge in [-0.25, -0.2) is 9.78 Å². The van der Waals surface area contributed by atoms with Gasteiger partial charge in [0.1, 0.15) is 11.6 Å². The van der Waals surface area contributed by atoms with Gasteiger partial charge in [0.25, 0.3) is 0 Å². The van der Waals surface area contributed by atoms with Gasteiger partial charge in [-0.2, -0.15) is 0 Å². The highest BCUT2D eigenvalue weighted by Gasteiger charge is 2.07. The van der Waals surface area contributed by atoms with Crippen LogP contribution in [0.15, 0.2) is 36.5 Å². The Morgan fingerprint density at radius 3 is 2.86 bits per heavy atom. The van der Waals surface area contributed by atoms with E-state index < -0.39 is 6.09 Å². The van der Waals surface area contributed by atoms with Crippen molar-refractivity contribution in [3.8, 4) is 0 Å². The lowest BCUT2D eigenvalue weighted by Crippen LogP contribution is -2.15. The van der Waals surface area contributed by atoms with Gasteiger partial charge in [0.15, 0.2) is 0 Å². The molecule has 7 nitrogen and oxygen atoms in total. The minimum absolute atomic E-state index is 0.217. The Labute approximate surface area is 122 Å². The molecule has 2 heterocycles. The van der Waals surface area contributed by atoms with Crippen LogP contribution in [0.3, 0.4) is 0 Å². The fourth-order valence-corrected chi connectivity index (χ4v) is 1.64. The molecule has 0 radical (unpaired) electrons. The lowest BCUT2D eigenvalue weighted by atomic mass is 10.3. The van der Waals surface area contributed by atoms with Crippen LogP contribution >= 0.6 is 0 Å². The molecule has 0 saturated carbocycles. The molecular weight excluding hydrogens is 270 g/mol. The number of rotatable bonds is 5. The molecule has 2 aromatic rings. The Balaban J connectivity index is 1.97. The van der Waals surface area contributed by atoms with Gasteiger partial charge in [-0.05, 0) is 31.2 Å². The fourth-order valence-electron chi connectivity index (χ4n) is 1.64. The maximum absolute atomic E-state index is 11.3. The maximum atomic E-state index is 11.3. The van der Waals surface area contributed by atoms with E-state index in [-0.39, 0.29) is 5.82 Å². The molecule has 0 atom stereocenters. The molecule has 0 unspecified atom stereocenters. The van der Waals surface area contributed by atoms with Gasteiger partial charge in [-0.1, -0.05) is 6.07 Å². The number of amides is 1. The van der Waals surface area contributed by atoms with Crippen LogP contribution in [0.1, 0.15) is 12.6 Å². The first kappa shape index (κ1) is 14.6. The first-order chi connectivity index (χ1) is 10.2.